The van der Waals surface area contributed by atoms with Gasteiger partial charge in [-0.05, 0) is 80.3 Å². The number of benzene rings is 2. The van der Waals surface area contributed by atoms with Gasteiger partial charge in [0.25, 0.3) is 5.91 Å². The number of amides is 2. The number of rotatable bonds is 8. The van der Waals surface area contributed by atoms with Crippen molar-refractivity contribution in [3.05, 3.63) is 87.1 Å². The number of ether oxygens (including phenoxy) is 1. The summed E-state index contributed by atoms with van der Waals surface area (Å²) in [5, 5.41) is 2.10. The SMILES string of the molecule is Cc1ccc(OCC2c3ccsc3CCN2C(=O)CN(CC2CC2)C(=O)c2ccc(C)cc2)cc1. The summed E-state index contributed by atoms with van der Waals surface area (Å²) in [5.41, 5.74) is 4.10. The summed E-state index contributed by atoms with van der Waals surface area (Å²) in [6.07, 6.45) is 3.09. The molecular formula is C29H32N2O3S. The Kier molecular flexibility index (Phi) is 6.91. The predicted molar refractivity (Wildman–Crippen MR) is 139 cm³/mol. The summed E-state index contributed by atoms with van der Waals surface area (Å²) in [6.45, 7) is 5.84. The quantitative estimate of drug-likeness (QED) is 0.425. The van der Waals surface area contributed by atoms with E-state index in [9.17, 15) is 9.59 Å². The number of hydrogen-bond donors (Lipinski definition) is 0. The first-order valence-electron chi connectivity index (χ1n) is 12.4. The monoisotopic (exact) mass is 488 g/mol. The summed E-state index contributed by atoms with van der Waals surface area (Å²) in [4.78, 5) is 32.0. The van der Waals surface area contributed by atoms with Gasteiger partial charge in [-0.3, -0.25) is 9.59 Å². The molecule has 1 aliphatic heterocycles. The van der Waals surface area contributed by atoms with Gasteiger partial charge >= 0.3 is 0 Å². The topological polar surface area (TPSA) is 49.9 Å². The van der Waals surface area contributed by atoms with E-state index in [1.807, 2.05) is 67.3 Å². The highest BCUT2D eigenvalue weighted by Gasteiger charge is 2.35. The molecule has 2 aromatic carbocycles. The van der Waals surface area contributed by atoms with Crippen molar-refractivity contribution in [3.63, 3.8) is 0 Å². The number of carbonyl (C=O) groups is 2. The lowest BCUT2D eigenvalue weighted by Gasteiger charge is -2.37. The first kappa shape index (κ1) is 23.6. The first-order valence-corrected chi connectivity index (χ1v) is 13.3. The van der Waals surface area contributed by atoms with Crippen LogP contribution in [0.25, 0.3) is 0 Å². The highest BCUT2D eigenvalue weighted by molar-refractivity contribution is 7.10. The lowest BCUT2D eigenvalue weighted by atomic mass is 10.00. The highest BCUT2D eigenvalue weighted by atomic mass is 32.1. The van der Waals surface area contributed by atoms with Gasteiger partial charge in [0.05, 0.1) is 6.04 Å². The van der Waals surface area contributed by atoms with Crippen LogP contribution in [0.2, 0.25) is 0 Å². The van der Waals surface area contributed by atoms with E-state index in [1.165, 1.54) is 16.0 Å². The average Bonchev–Trinajstić information content (AvgIpc) is 3.55. The Morgan fingerprint density at radius 2 is 1.69 bits per heavy atom. The largest absolute Gasteiger partial charge is 0.491 e. The van der Waals surface area contributed by atoms with Gasteiger partial charge in [-0.25, -0.2) is 0 Å². The minimum atomic E-state index is -0.156. The molecule has 1 atom stereocenters. The van der Waals surface area contributed by atoms with E-state index in [0.717, 1.165) is 30.6 Å². The molecule has 182 valence electrons. The Labute approximate surface area is 211 Å². The second-order valence-corrected chi connectivity index (χ2v) is 10.8. The van der Waals surface area contributed by atoms with Crippen LogP contribution in [0.3, 0.4) is 0 Å². The van der Waals surface area contributed by atoms with Crippen molar-refractivity contribution in [3.8, 4) is 5.75 Å². The zero-order chi connectivity index (χ0) is 24.4. The number of aryl methyl sites for hydroxylation is 2. The summed E-state index contributed by atoms with van der Waals surface area (Å²) in [5.74, 6) is 1.23. The summed E-state index contributed by atoms with van der Waals surface area (Å²) in [7, 11) is 0. The number of carbonyl (C=O) groups excluding carboxylic acids is 2. The Morgan fingerprint density at radius 3 is 2.37 bits per heavy atom. The van der Waals surface area contributed by atoms with Gasteiger partial charge in [-0.2, -0.15) is 0 Å². The van der Waals surface area contributed by atoms with Crippen molar-refractivity contribution < 1.29 is 14.3 Å². The van der Waals surface area contributed by atoms with Crippen molar-refractivity contribution in [1.82, 2.24) is 9.80 Å². The van der Waals surface area contributed by atoms with Crippen LogP contribution in [0.4, 0.5) is 0 Å². The lowest BCUT2D eigenvalue weighted by molar-refractivity contribution is -0.135. The van der Waals surface area contributed by atoms with Crippen LogP contribution in [0, 0.1) is 19.8 Å². The van der Waals surface area contributed by atoms with E-state index >= 15 is 0 Å². The van der Waals surface area contributed by atoms with Crippen LogP contribution in [0.1, 0.15) is 50.8 Å². The fourth-order valence-electron chi connectivity index (χ4n) is 4.65. The predicted octanol–water partition coefficient (Wildman–Crippen LogP) is 5.42. The van der Waals surface area contributed by atoms with Crippen LogP contribution in [-0.4, -0.2) is 47.9 Å². The molecule has 0 saturated heterocycles. The molecule has 0 spiro atoms. The maximum absolute atomic E-state index is 13.7. The number of nitrogens with zero attached hydrogens (tertiary/aromatic N) is 2. The third-order valence-electron chi connectivity index (χ3n) is 6.93. The molecule has 2 amide bonds. The second kappa shape index (κ2) is 10.2. The van der Waals surface area contributed by atoms with Crippen molar-refractivity contribution >= 4 is 23.2 Å². The molecule has 6 heteroatoms. The van der Waals surface area contributed by atoms with Crippen molar-refractivity contribution in [1.29, 1.82) is 0 Å². The third-order valence-corrected chi connectivity index (χ3v) is 7.93. The fourth-order valence-corrected chi connectivity index (χ4v) is 5.58. The molecule has 1 saturated carbocycles. The first-order chi connectivity index (χ1) is 17.0. The smallest absolute Gasteiger partial charge is 0.254 e. The van der Waals surface area contributed by atoms with Crippen LogP contribution in [-0.2, 0) is 11.2 Å². The number of hydrogen-bond acceptors (Lipinski definition) is 4. The average molecular weight is 489 g/mol. The van der Waals surface area contributed by atoms with Gasteiger partial charge in [-0.15, -0.1) is 11.3 Å². The van der Waals surface area contributed by atoms with Gasteiger partial charge in [0, 0.05) is 23.5 Å². The molecular weight excluding hydrogens is 456 g/mol. The maximum atomic E-state index is 13.7. The molecule has 0 radical (unpaired) electrons. The Morgan fingerprint density at radius 1 is 1.00 bits per heavy atom. The lowest BCUT2D eigenvalue weighted by Crippen LogP contribution is -2.48. The fraction of sp³-hybridized carbons (Fsp3) is 0.379. The molecule has 1 aliphatic carbocycles. The van der Waals surface area contributed by atoms with Crippen molar-refractivity contribution in [2.45, 2.75) is 39.2 Å². The Balaban J connectivity index is 1.33. The molecule has 1 fully saturated rings. The zero-order valence-corrected chi connectivity index (χ0v) is 21.2. The van der Waals surface area contributed by atoms with Gasteiger partial charge in [-0.1, -0.05) is 35.4 Å². The van der Waals surface area contributed by atoms with Crippen molar-refractivity contribution in [2.24, 2.45) is 5.92 Å². The molecule has 2 aliphatic rings. The van der Waals surface area contributed by atoms with Crippen LogP contribution in [0.15, 0.2) is 60.0 Å². The minimum Gasteiger partial charge on any atom is -0.491 e. The summed E-state index contributed by atoms with van der Waals surface area (Å²) in [6, 6.07) is 17.6. The number of fused-ring (bicyclic) bond motifs is 1. The van der Waals surface area contributed by atoms with Crippen LogP contribution < -0.4 is 4.74 Å². The minimum absolute atomic E-state index is 0.0135. The van der Waals surface area contributed by atoms with E-state index in [0.29, 0.717) is 31.2 Å². The van der Waals surface area contributed by atoms with Crippen LogP contribution in [0.5, 0.6) is 5.75 Å². The molecule has 0 N–H and O–H groups in total. The molecule has 35 heavy (non-hydrogen) atoms. The van der Waals surface area contributed by atoms with Gasteiger partial charge in [0.1, 0.15) is 18.9 Å². The van der Waals surface area contributed by atoms with E-state index in [2.05, 4.69) is 11.4 Å². The zero-order valence-electron chi connectivity index (χ0n) is 20.4. The molecule has 3 aromatic rings. The molecule has 5 rings (SSSR count). The summed E-state index contributed by atoms with van der Waals surface area (Å²) < 4.78 is 6.14. The van der Waals surface area contributed by atoms with Crippen LogP contribution >= 0.6 is 11.3 Å². The normalized spacial score (nSPS) is 17.1. The highest BCUT2D eigenvalue weighted by Crippen LogP contribution is 2.35. The molecule has 0 bridgehead atoms. The molecule has 2 heterocycles. The van der Waals surface area contributed by atoms with Gasteiger partial charge in [0.15, 0.2) is 0 Å². The van der Waals surface area contributed by atoms with E-state index in [4.69, 9.17) is 4.74 Å². The van der Waals surface area contributed by atoms with Gasteiger partial charge in [0.2, 0.25) is 5.91 Å². The Hall–Kier alpha value is -3.12. The van der Waals surface area contributed by atoms with E-state index in [1.54, 1.807) is 16.2 Å². The van der Waals surface area contributed by atoms with E-state index < -0.39 is 0 Å². The summed E-state index contributed by atoms with van der Waals surface area (Å²) >= 11 is 1.74. The number of thiophene rings is 1. The maximum Gasteiger partial charge on any atom is 0.254 e. The van der Waals surface area contributed by atoms with Crippen molar-refractivity contribution in [2.75, 3.05) is 26.2 Å². The molecule has 5 nitrogen and oxygen atoms in total. The molecule has 1 aromatic heterocycles. The third kappa shape index (κ3) is 5.59. The van der Waals surface area contributed by atoms with E-state index in [-0.39, 0.29) is 24.4 Å². The van der Waals surface area contributed by atoms with Gasteiger partial charge < -0.3 is 14.5 Å². The standard InChI is InChI=1S/C29H32N2O3S/c1-20-3-9-23(10-4-20)29(33)30(17-22-7-8-22)18-28(32)31-15-13-27-25(14-16-35-27)26(31)19-34-24-11-5-21(2)6-12-24/h3-6,9-12,14,16,22,26H,7-8,13,15,17-19H2,1-2H3. The molecule has 1 unspecified atom stereocenters. The second-order valence-electron chi connectivity index (χ2n) is 9.77. The Bertz CT molecular complexity index is 1180.